The molecule has 26 heavy (non-hydrogen) atoms. The van der Waals surface area contributed by atoms with E-state index in [1.165, 1.54) is 24.1 Å². The minimum Gasteiger partial charge on any atom is -0.481 e. The number of nitrogens with zero attached hydrogens (tertiary/aromatic N) is 1. The number of hydrogen-bond acceptors (Lipinski definition) is 5. The van der Waals surface area contributed by atoms with Crippen molar-refractivity contribution in [3.63, 3.8) is 0 Å². The molecule has 2 N–H and O–H groups in total. The van der Waals surface area contributed by atoms with Crippen LogP contribution in [0.2, 0.25) is 0 Å². The van der Waals surface area contributed by atoms with Crippen LogP contribution in [0.25, 0.3) is 0 Å². The molecule has 9 heteroatoms. The Morgan fingerprint density at radius 1 is 1.35 bits per heavy atom. The first-order valence-electron chi connectivity index (χ1n) is 8.36. The van der Waals surface area contributed by atoms with E-state index in [2.05, 4.69) is 4.72 Å². The lowest BCUT2D eigenvalue weighted by Crippen LogP contribution is -2.40. The molecule has 0 spiro atoms. The van der Waals surface area contributed by atoms with Gasteiger partial charge in [0.05, 0.1) is 23.6 Å². The molecule has 2 rings (SSSR count). The van der Waals surface area contributed by atoms with E-state index in [0.29, 0.717) is 6.42 Å². The highest BCUT2D eigenvalue weighted by atomic mass is 32.2. The first-order valence-corrected chi connectivity index (χ1v) is 10.0. The van der Waals surface area contributed by atoms with Crippen LogP contribution in [0.1, 0.15) is 30.1 Å². The monoisotopic (exact) mass is 384 g/mol. The van der Waals surface area contributed by atoms with Gasteiger partial charge in [0.1, 0.15) is 5.41 Å². The number of amides is 1. The lowest BCUT2D eigenvalue weighted by atomic mass is 9.88. The number of sulfonamides is 1. The summed E-state index contributed by atoms with van der Waals surface area (Å²) in [7, 11) is -2.12. The Morgan fingerprint density at radius 2 is 2.04 bits per heavy atom. The van der Waals surface area contributed by atoms with Gasteiger partial charge in [0, 0.05) is 20.2 Å². The largest absolute Gasteiger partial charge is 0.481 e. The number of ether oxygens (including phenoxy) is 1. The molecule has 1 aromatic carbocycles. The summed E-state index contributed by atoms with van der Waals surface area (Å²) in [6.45, 7) is 2.05. The number of nitrogens with one attached hydrogen (secondary N) is 1. The van der Waals surface area contributed by atoms with Crippen molar-refractivity contribution in [3.8, 4) is 0 Å². The van der Waals surface area contributed by atoms with Crippen LogP contribution >= 0.6 is 0 Å². The van der Waals surface area contributed by atoms with Gasteiger partial charge in [-0.25, -0.2) is 8.42 Å². The van der Waals surface area contributed by atoms with Crippen molar-refractivity contribution in [1.29, 1.82) is 0 Å². The van der Waals surface area contributed by atoms with Crippen LogP contribution in [0.3, 0.4) is 0 Å². The Morgan fingerprint density at radius 3 is 2.65 bits per heavy atom. The zero-order valence-electron chi connectivity index (χ0n) is 14.9. The molecule has 0 bridgehead atoms. The summed E-state index contributed by atoms with van der Waals surface area (Å²) in [6, 6.07) is 6.33. The molecule has 1 unspecified atom stereocenters. The minimum atomic E-state index is -3.54. The molecule has 0 saturated carbocycles. The van der Waals surface area contributed by atoms with E-state index in [9.17, 15) is 23.1 Å². The zero-order chi connectivity index (χ0) is 19.4. The van der Waals surface area contributed by atoms with Crippen molar-refractivity contribution in [2.45, 2.75) is 19.8 Å². The van der Waals surface area contributed by atoms with E-state index in [1.54, 1.807) is 19.1 Å². The molecule has 0 aliphatic carbocycles. The highest BCUT2D eigenvalue weighted by Gasteiger charge is 2.46. The van der Waals surface area contributed by atoms with Crippen molar-refractivity contribution < 1.29 is 27.9 Å². The van der Waals surface area contributed by atoms with E-state index in [0.717, 1.165) is 0 Å². The summed E-state index contributed by atoms with van der Waals surface area (Å²) < 4.78 is 31.6. The minimum absolute atomic E-state index is 0.0108. The zero-order valence-corrected chi connectivity index (χ0v) is 15.7. The summed E-state index contributed by atoms with van der Waals surface area (Å²) in [5.41, 5.74) is -0.738. The van der Waals surface area contributed by atoms with Crippen molar-refractivity contribution in [3.05, 3.63) is 29.8 Å². The van der Waals surface area contributed by atoms with Gasteiger partial charge in [0.2, 0.25) is 10.0 Å². The van der Waals surface area contributed by atoms with Crippen LogP contribution in [0.5, 0.6) is 0 Å². The maximum atomic E-state index is 12.9. The molecule has 8 nitrogen and oxygen atoms in total. The summed E-state index contributed by atoms with van der Waals surface area (Å²) in [5.74, 6) is -1.46. The number of rotatable bonds is 8. The number of benzene rings is 1. The molecule has 0 radical (unpaired) electrons. The van der Waals surface area contributed by atoms with Crippen molar-refractivity contribution in [2.24, 2.45) is 5.41 Å². The molecule has 1 atom stereocenters. The Bertz CT molecular complexity index is 779. The molecule has 1 fully saturated rings. The van der Waals surface area contributed by atoms with Gasteiger partial charge in [-0.1, -0.05) is 19.1 Å². The number of para-hydroxylation sites is 1. The molecule has 144 valence electrons. The fourth-order valence-corrected chi connectivity index (χ4v) is 4.25. The normalized spacial score (nSPS) is 20.2. The van der Waals surface area contributed by atoms with E-state index in [1.807, 2.05) is 0 Å². The molecular formula is C17H24N2O6S. The van der Waals surface area contributed by atoms with Crippen molar-refractivity contribution >= 4 is 27.6 Å². The lowest BCUT2D eigenvalue weighted by molar-refractivity contribution is -0.151. The quantitative estimate of drug-likeness (QED) is 0.700. The predicted octanol–water partition coefficient (Wildman–Crippen LogP) is 1.40. The van der Waals surface area contributed by atoms with Gasteiger partial charge in [-0.3, -0.25) is 14.3 Å². The third-order valence-electron chi connectivity index (χ3n) is 4.41. The van der Waals surface area contributed by atoms with Crippen LogP contribution in [0.4, 0.5) is 5.69 Å². The van der Waals surface area contributed by atoms with Gasteiger partial charge in [-0.2, -0.15) is 0 Å². The second-order valence-corrected chi connectivity index (χ2v) is 8.30. The van der Waals surface area contributed by atoms with Gasteiger partial charge in [0.25, 0.3) is 5.91 Å². The van der Waals surface area contributed by atoms with Crippen LogP contribution in [0.15, 0.2) is 24.3 Å². The summed E-state index contributed by atoms with van der Waals surface area (Å²) in [6.07, 6.45) is 0.737. The van der Waals surface area contributed by atoms with E-state index < -0.39 is 27.3 Å². The Hall–Kier alpha value is -2.13. The molecule has 1 saturated heterocycles. The summed E-state index contributed by atoms with van der Waals surface area (Å²) >= 11 is 0. The average molecular weight is 384 g/mol. The molecule has 1 aliphatic rings. The van der Waals surface area contributed by atoms with E-state index in [-0.39, 0.29) is 43.1 Å². The van der Waals surface area contributed by atoms with Gasteiger partial charge in [0.15, 0.2) is 0 Å². The molecule has 1 aliphatic heterocycles. The van der Waals surface area contributed by atoms with Crippen LogP contribution < -0.4 is 4.72 Å². The number of aliphatic carboxylic acids is 1. The number of carbonyl (C=O) groups excluding carboxylic acids is 1. The maximum absolute atomic E-state index is 12.9. The second-order valence-electron chi connectivity index (χ2n) is 6.46. The summed E-state index contributed by atoms with van der Waals surface area (Å²) in [5, 5.41) is 9.52. The number of methoxy groups -OCH3 is 1. The number of carboxylic acid groups (broad SMARTS) is 1. The fourth-order valence-electron chi connectivity index (χ4n) is 3.09. The highest BCUT2D eigenvalue weighted by molar-refractivity contribution is 7.92. The van der Waals surface area contributed by atoms with Crippen molar-refractivity contribution in [1.82, 2.24) is 4.90 Å². The Kier molecular flexibility index (Phi) is 6.25. The maximum Gasteiger partial charge on any atom is 0.313 e. The van der Waals surface area contributed by atoms with Gasteiger partial charge in [-0.05, 0) is 25.0 Å². The average Bonchev–Trinajstić information content (AvgIpc) is 3.00. The number of likely N-dealkylation sites (tertiary alicyclic amines) is 1. The number of hydrogen-bond donors (Lipinski definition) is 2. The van der Waals surface area contributed by atoms with Crippen LogP contribution in [-0.2, 0) is 19.6 Å². The predicted molar refractivity (Wildman–Crippen MR) is 96.6 cm³/mol. The number of carbonyl (C=O) groups is 2. The van der Waals surface area contributed by atoms with Gasteiger partial charge >= 0.3 is 5.97 Å². The Balaban J connectivity index is 2.25. The third kappa shape index (κ3) is 4.34. The van der Waals surface area contributed by atoms with Crippen LogP contribution in [-0.4, -0.2) is 62.9 Å². The van der Waals surface area contributed by atoms with E-state index in [4.69, 9.17) is 4.74 Å². The van der Waals surface area contributed by atoms with E-state index >= 15 is 0 Å². The highest BCUT2D eigenvalue weighted by Crippen LogP contribution is 2.33. The SMILES string of the molecule is CCCS(=O)(=O)Nc1ccccc1C(=O)N1CCC(COC)(C(=O)O)C1. The van der Waals surface area contributed by atoms with Gasteiger partial charge in [-0.15, -0.1) is 0 Å². The molecule has 1 aromatic rings. The lowest BCUT2D eigenvalue weighted by Gasteiger charge is -2.24. The first-order chi connectivity index (χ1) is 12.2. The first kappa shape index (κ1) is 20.2. The topological polar surface area (TPSA) is 113 Å². The van der Waals surface area contributed by atoms with Crippen molar-refractivity contribution in [2.75, 3.05) is 37.3 Å². The standard InChI is InChI=1S/C17H24N2O6S/c1-3-10-26(23,24)18-14-7-5-4-6-13(14)15(20)19-9-8-17(11-19,12-25-2)16(21)22/h4-7,18H,3,8-12H2,1-2H3,(H,21,22). The van der Waals surface area contributed by atoms with Crippen LogP contribution in [0, 0.1) is 5.41 Å². The molecular weight excluding hydrogens is 360 g/mol. The number of carboxylic acids is 1. The fraction of sp³-hybridized carbons (Fsp3) is 0.529. The molecule has 0 aromatic heterocycles. The van der Waals surface area contributed by atoms with Gasteiger partial charge < -0.3 is 14.7 Å². The second kappa shape index (κ2) is 8.05. The third-order valence-corrected chi connectivity index (χ3v) is 5.89. The smallest absolute Gasteiger partial charge is 0.313 e. The molecule has 1 amide bonds. The summed E-state index contributed by atoms with van der Waals surface area (Å²) in [4.78, 5) is 25.9. The Labute approximate surface area is 153 Å². The molecule has 1 heterocycles. The number of anilines is 1.